The first-order valence-corrected chi connectivity index (χ1v) is 6.04. The Kier molecular flexibility index (Phi) is 3.75. The Balaban J connectivity index is 2.28. The number of aryl methyl sites for hydroxylation is 1. The summed E-state index contributed by atoms with van der Waals surface area (Å²) in [6.45, 7) is 3.88. The first-order chi connectivity index (χ1) is 8.99. The smallest absolute Gasteiger partial charge is 0.278 e. The normalized spacial score (nSPS) is 10.8. The van der Waals surface area contributed by atoms with E-state index in [0.29, 0.717) is 11.8 Å². The fraction of sp³-hybridized carbons (Fsp3) is 0.364. The highest BCUT2D eigenvalue weighted by Crippen LogP contribution is 2.17. The predicted octanol–water partition coefficient (Wildman–Crippen LogP) is 1.63. The van der Waals surface area contributed by atoms with Crippen LogP contribution in [0.5, 0.6) is 0 Å². The standard InChI is InChI=1S/C11H13ClN6O/c1-6(2)9-13-4-7(12)8(16-9)10(19)17-11-14-5-15-18(11)3/h4-6H,1-3H3,(H,14,15,17,19). The minimum Gasteiger partial charge on any atom is -0.289 e. The van der Waals surface area contributed by atoms with Crippen LogP contribution in [0.4, 0.5) is 5.95 Å². The minimum atomic E-state index is -0.439. The first kappa shape index (κ1) is 13.4. The molecule has 1 N–H and O–H groups in total. The molecule has 2 rings (SSSR count). The maximum Gasteiger partial charge on any atom is 0.278 e. The SMILES string of the molecule is CC(C)c1ncc(Cl)c(C(=O)Nc2ncnn2C)n1. The minimum absolute atomic E-state index is 0.110. The van der Waals surface area contributed by atoms with Crippen molar-refractivity contribution < 1.29 is 4.79 Å². The highest BCUT2D eigenvalue weighted by Gasteiger charge is 2.17. The second-order valence-electron chi connectivity index (χ2n) is 4.24. The van der Waals surface area contributed by atoms with Crippen LogP contribution in [0.3, 0.4) is 0 Å². The molecule has 0 unspecified atom stereocenters. The molecule has 0 aliphatic rings. The molecule has 0 aliphatic carbocycles. The summed E-state index contributed by atoms with van der Waals surface area (Å²) in [5, 5.41) is 6.64. The van der Waals surface area contributed by atoms with Gasteiger partial charge in [-0.05, 0) is 0 Å². The van der Waals surface area contributed by atoms with Crippen LogP contribution >= 0.6 is 11.6 Å². The lowest BCUT2D eigenvalue weighted by molar-refractivity contribution is 0.102. The summed E-state index contributed by atoms with van der Waals surface area (Å²) < 4.78 is 1.44. The van der Waals surface area contributed by atoms with Crippen molar-refractivity contribution >= 4 is 23.5 Å². The molecule has 0 atom stereocenters. The monoisotopic (exact) mass is 280 g/mol. The molecule has 0 aliphatic heterocycles. The van der Waals surface area contributed by atoms with Crippen LogP contribution in [-0.2, 0) is 7.05 Å². The second-order valence-corrected chi connectivity index (χ2v) is 4.65. The molecule has 1 amide bonds. The van der Waals surface area contributed by atoms with Crippen molar-refractivity contribution in [1.29, 1.82) is 0 Å². The Morgan fingerprint density at radius 1 is 1.42 bits per heavy atom. The number of hydrogen-bond donors (Lipinski definition) is 1. The summed E-state index contributed by atoms with van der Waals surface area (Å²) in [4.78, 5) is 24.2. The van der Waals surface area contributed by atoms with Crippen LogP contribution in [-0.4, -0.2) is 30.6 Å². The topological polar surface area (TPSA) is 85.6 Å². The van der Waals surface area contributed by atoms with Crippen molar-refractivity contribution in [2.24, 2.45) is 7.05 Å². The number of rotatable bonds is 3. The zero-order valence-electron chi connectivity index (χ0n) is 10.8. The van der Waals surface area contributed by atoms with Gasteiger partial charge in [-0.15, -0.1) is 0 Å². The third-order valence-electron chi connectivity index (χ3n) is 2.43. The number of hydrogen-bond acceptors (Lipinski definition) is 5. The lowest BCUT2D eigenvalue weighted by atomic mass is 10.2. The molecular weight excluding hydrogens is 268 g/mol. The van der Waals surface area contributed by atoms with Gasteiger partial charge in [0, 0.05) is 13.0 Å². The number of halogens is 1. The first-order valence-electron chi connectivity index (χ1n) is 5.67. The van der Waals surface area contributed by atoms with Crippen LogP contribution in [0.15, 0.2) is 12.5 Å². The van der Waals surface area contributed by atoms with Gasteiger partial charge < -0.3 is 0 Å². The fourth-order valence-electron chi connectivity index (χ4n) is 1.39. The largest absolute Gasteiger partial charge is 0.289 e. The number of nitrogens with one attached hydrogen (secondary N) is 1. The lowest BCUT2D eigenvalue weighted by Gasteiger charge is -2.08. The lowest BCUT2D eigenvalue weighted by Crippen LogP contribution is -2.18. The summed E-state index contributed by atoms with van der Waals surface area (Å²) in [7, 11) is 1.67. The molecule has 8 heteroatoms. The van der Waals surface area contributed by atoms with E-state index in [2.05, 4.69) is 25.4 Å². The molecular formula is C11H13ClN6O. The van der Waals surface area contributed by atoms with Gasteiger partial charge in [-0.3, -0.25) is 10.1 Å². The molecule has 19 heavy (non-hydrogen) atoms. The Labute approximate surface area is 115 Å². The van der Waals surface area contributed by atoms with Crippen LogP contribution in [0.25, 0.3) is 0 Å². The molecule has 7 nitrogen and oxygen atoms in total. The van der Waals surface area contributed by atoms with Crippen molar-refractivity contribution in [2.75, 3.05) is 5.32 Å². The van der Waals surface area contributed by atoms with Gasteiger partial charge in [0.1, 0.15) is 12.2 Å². The average Bonchev–Trinajstić information content (AvgIpc) is 2.75. The van der Waals surface area contributed by atoms with Crippen LogP contribution in [0.2, 0.25) is 5.02 Å². The number of anilines is 1. The number of carbonyl (C=O) groups is 1. The summed E-state index contributed by atoms with van der Waals surface area (Å²) in [5.41, 5.74) is 0.128. The fourth-order valence-corrected chi connectivity index (χ4v) is 1.57. The molecule has 2 aromatic heterocycles. The van der Waals surface area contributed by atoms with Gasteiger partial charge in [-0.1, -0.05) is 25.4 Å². The molecule has 2 heterocycles. The van der Waals surface area contributed by atoms with E-state index in [1.54, 1.807) is 7.05 Å². The highest BCUT2D eigenvalue weighted by atomic mass is 35.5. The Hall–Kier alpha value is -2.02. The molecule has 0 saturated carbocycles. The Morgan fingerprint density at radius 3 is 2.74 bits per heavy atom. The quantitative estimate of drug-likeness (QED) is 0.923. The van der Waals surface area contributed by atoms with E-state index in [-0.39, 0.29) is 16.6 Å². The van der Waals surface area contributed by atoms with Crippen molar-refractivity contribution in [1.82, 2.24) is 24.7 Å². The third-order valence-corrected chi connectivity index (χ3v) is 2.71. The summed E-state index contributed by atoms with van der Waals surface area (Å²) in [6, 6.07) is 0. The van der Waals surface area contributed by atoms with Gasteiger partial charge in [0.15, 0.2) is 5.69 Å². The van der Waals surface area contributed by atoms with Crippen molar-refractivity contribution in [3.05, 3.63) is 29.1 Å². The van der Waals surface area contributed by atoms with Gasteiger partial charge in [-0.25, -0.2) is 14.6 Å². The second kappa shape index (κ2) is 5.31. The van der Waals surface area contributed by atoms with Gasteiger partial charge in [0.25, 0.3) is 5.91 Å². The number of nitrogens with zero attached hydrogens (tertiary/aromatic N) is 5. The molecule has 0 spiro atoms. The van der Waals surface area contributed by atoms with Crippen molar-refractivity contribution in [3.63, 3.8) is 0 Å². The Morgan fingerprint density at radius 2 is 2.16 bits per heavy atom. The van der Waals surface area contributed by atoms with Crippen LogP contribution in [0, 0.1) is 0 Å². The number of amides is 1. The third kappa shape index (κ3) is 2.87. The molecule has 2 aromatic rings. The maximum atomic E-state index is 12.1. The molecule has 0 radical (unpaired) electrons. The summed E-state index contributed by atoms with van der Waals surface area (Å²) in [5.74, 6) is 0.558. The molecule has 0 bridgehead atoms. The van der Waals surface area contributed by atoms with Gasteiger partial charge in [-0.2, -0.15) is 10.1 Å². The van der Waals surface area contributed by atoms with E-state index in [4.69, 9.17) is 11.6 Å². The molecule has 0 aromatic carbocycles. The van der Waals surface area contributed by atoms with Gasteiger partial charge in [0.05, 0.1) is 11.2 Å². The maximum absolute atomic E-state index is 12.1. The van der Waals surface area contributed by atoms with Crippen molar-refractivity contribution in [2.45, 2.75) is 19.8 Å². The summed E-state index contributed by atoms with van der Waals surface area (Å²) >= 11 is 5.95. The zero-order valence-corrected chi connectivity index (χ0v) is 11.5. The van der Waals surface area contributed by atoms with E-state index >= 15 is 0 Å². The van der Waals surface area contributed by atoms with Gasteiger partial charge >= 0.3 is 0 Å². The van der Waals surface area contributed by atoms with E-state index in [1.807, 2.05) is 13.8 Å². The highest BCUT2D eigenvalue weighted by molar-refractivity contribution is 6.33. The van der Waals surface area contributed by atoms with E-state index in [0.717, 1.165) is 0 Å². The summed E-state index contributed by atoms with van der Waals surface area (Å²) in [6.07, 6.45) is 2.77. The van der Waals surface area contributed by atoms with Gasteiger partial charge in [0.2, 0.25) is 5.95 Å². The van der Waals surface area contributed by atoms with E-state index < -0.39 is 5.91 Å². The molecule has 100 valence electrons. The van der Waals surface area contributed by atoms with Crippen LogP contribution < -0.4 is 5.32 Å². The average molecular weight is 281 g/mol. The predicted molar refractivity (Wildman–Crippen MR) is 70.1 cm³/mol. The molecule has 0 saturated heterocycles. The zero-order chi connectivity index (χ0) is 14.0. The van der Waals surface area contributed by atoms with E-state index in [9.17, 15) is 4.79 Å². The van der Waals surface area contributed by atoms with Crippen LogP contribution in [0.1, 0.15) is 36.1 Å². The molecule has 0 fully saturated rings. The number of aromatic nitrogens is 5. The van der Waals surface area contributed by atoms with Crippen molar-refractivity contribution in [3.8, 4) is 0 Å². The van der Waals surface area contributed by atoms with E-state index in [1.165, 1.54) is 17.2 Å². The Bertz CT molecular complexity index is 609. The number of carbonyl (C=O) groups excluding carboxylic acids is 1.